The van der Waals surface area contributed by atoms with Crippen molar-refractivity contribution in [3.05, 3.63) is 22.4 Å². The van der Waals surface area contributed by atoms with Crippen molar-refractivity contribution in [1.29, 1.82) is 0 Å². The van der Waals surface area contributed by atoms with Gasteiger partial charge in [0.2, 0.25) is 5.91 Å². The average molecular weight is 295 g/mol. The van der Waals surface area contributed by atoms with Crippen LogP contribution >= 0.6 is 11.3 Å². The number of likely N-dealkylation sites (N-methyl/N-ethyl adjacent to an activating group) is 1. The van der Waals surface area contributed by atoms with Gasteiger partial charge in [-0.25, -0.2) is 0 Å². The first kappa shape index (κ1) is 15.5. The fraction of sp³-hybridized carbons (Fsp3) is 0.667. The molecular weight excluding hydrogens is 270 g/mol. The van der Waals surface area contributed by atoms with Gasteiger partial charge in [-0.1, -0.05) is 6.92 Å². The maximum atomic E-state index is 12.3. The van der Waals surface area contributed by atoms with E-state index in [9.17, 15) is 4.79 Å². The van der Waals surface area contributed by atoms with Gasteiger partial charge in [0, 0.05) is 26.2 Å². The minimum absolute atomic E-state index is 0.184. The van der Waals surface area contributed by atoms with Crippen LogP contribution in [0.2, 0.25) is 0 Å². The number of carbonyl (C=O) groups is 1. The minimum Gasteiger partial charge on any atom is -0.340 e. The number of hydrogen-bond donors (Lipinski definition) is 1. The van der Waals surface area contributed by atoms with Crippen LogP contribution in [-0.4, -0.2) is 48.4 Å². The highest BCUT2D eigenvalue weighted by Gasteiger charge is 2.27. The Hall–Kier alpha value is -0.910. The summed E-state index contributed by atoms with van der Waals surface area (Å²) in [6.07, 6.45) is 2.27. The molecule has 1 aliphatic rings. The Morgan fingerprint density at radius 2 is 2.40 bits per heavy atom. The molecule has 4 nitrogen and oxygen atoms in total. The van der Waals surface area contributed by atoms with Crippen LogP contribution in [0.3, 0.4) is 0 Å². The van der Waals surface area contributed by atoms with Crippen LogP contribution in [0.25, 0.3) is 0 Å². The van der Waals surface area contributed by atoms with Gasteiger partial charge in [-0.05, 0) is 47.7 Å². The van der Waals surface area contributed by atoms with E-state index in [1.165, 1.54) is 5.56 Å². The van der Waals surface area contributed by atoms with Crippen molar-refractivity contribution in [3.8, 4) is 0 Å². The molecule has 5 heteroatoms. The zero-order chi connectivity index (χ0) is 14.5. The molecule has 1 amide bonds. The minimum atomic E-state index is 0.184. The zero-order valence-corrected chi connectivity index (χ0v) is 13.2. The lowest BCUT2D eigenvalue weighted by atomic mass is 9.92. The van der Waals surface area contributed by atoms with E-state index in [-0.39, 0.29) is 5.91 Å². The highest BCUT2D eigenvalue weighted by Crippen LogP contribution is 2.21. The van der Waals surface area contributed by atoms with Crippen molar-refractivity contribution in [2.24, 2.45) is 11.7 Å². The summed E-state index contributed by atoms with van der Waals surface area (Å²) in [6.45, 7) is 5.09. The molecule has 2 atom stereocenters. The van der Waals surface area contributed by atoms with E-state index in [0.29, 0.717) is 25.7 Å². The number of thiophene rings is 1. The SMILES string of the molecule is CC1CCN(CC(=O)N(C)Cc2ccsc2)C(CN)C1. The van der Waals surface area contributed by atoms with Crippen molar-refractivity contribution in [1.82, 2.24) is 9.80 Å². The Morgan fingerprint density at radius 1 is 1.60 bits per heavy atom. The van der Waals surface area contributed by atoms with E-state index >= 15 is 0 Å². The number of likely N-dealkylation sites (tertiary alicyclic amines) is 1. The first-order chi connectivity index (χ1) is 9.60. The first-order valence-electron chi connectivity index (χ1n) is 7.29. The van der Waals surface area contributed by atoms with Crippen molar-refractivity contribution >= 4 is 17.2 Å². The summed E-state index contributed by atoms with van der Waals surface area (Å²) in [5, 5.41) is 4.14. The van der Waals surface area contributed by atoms with Gasteiger partial charge in [-0.15, -0.1) is 0 Å². The Labute approximate surface area is 125 Å². The Morgan fingerprint density at radius 3 is 3.05 bits per heavy atom. The van der Waals surface area contributed by atoms with E-state index in [1.807, 2.05) is 17.3 Å². The third-order valence-electron chi connectivity index (χ3n) is 4.14. The van der Waals surface area contributed by atoms with Crippen molar-refractivity contribution in [3.63, 3.8) is 0 Å². The molecule has 0 bridgehead atoms. The maximum Gasteiger partial charge on any atom is 0.236 e. The van der Waals surface area contributed by atoms with Gasteiger partial charge in [-0.3, -0.25) is 9.69 Å². The molecule has 1 saturated heterocycles. The molecule has 2 unspecified atom stereocenters. The van der Waals surface area contributed by atoms with Gasteiger partial charge in [0.15, 0.2) is 0 Å². The smallest absolute Gasteiger partial charge is 0.236 e. The standard InChI is InChI=1S/C15H25N3OS/c1-12-3-5-18(14(7-12)8-16)10-15(19)17(2)9-13-4-6-20-11-13/h4,6,11-12,14H,3,5,7-10,16H2,1-2H3. The molecule has 1 aromatic rings. The molecule has 0 saturated carbocycles. The largest absolute Gasteiger partial charge is 0.340 e. The lowest BCUT2D eigenvalue weighted by Gasteiger charge is -2.38. The molecule has 0 spiro atoms. The molecule has 20 heavy (non-hydrogen) atoms. The average Bonchev–Trinajstić information content (AvgIpc) is 2.93. The molecule has 2 N–H and O–H groups in total. The maximum absolute atomic E-state index is 12.3. The highest BCUT2D eigenvalue weighted by molar-refractivity contribution is 7.07. The molecule has 112 valence electrons. The topological polar surface area (TPSA) is 49.6 Å². The van der Waals surface area contributed by atoms with Crippen LogP contribution in [0.1, 0.15) is 25.3 Å². The van der Waals surface area contributed by atoms with E-state index in [1.54, 1.807) is 11.3 Å². The molecule has 1 fully saturated rings. The quantitative estimate of drug-likeness (QED) is 0.900. The summed E-state index contributed by atoms with van der Waals surface area (Å²) in [7, 11) is 1.88. The van der Waals surface area contributed by atoms with Gasteiger partial charge < -0.3 is 10.6 Å². The van der Waals surface area contributed by atoms with Crippen molar-refractivity contribution in [2.45, 2.75) is 32.4 Å². The van der Waals surface area contributed by atoms with E-state index in [2.05, 4.69) is 23.3 Å². The normalized spacial score (nSPS) is 23.8. The Kier molecular flexibility index (Phi) is 5.57. The highest BCUT2D eigenvalue weighted by atomic mass is 32.1. The Bertz CT molecular complexity index is 421. The van der Waals surface area contributed by atoms with Gasteiger partial charge in [-0.2, -0.15) is 11.3 Å². The summed E-state index contributed by atoms with van der Waals surface area (Å²) in [5.74, 6) is 0.905. The van der Waals surface area contributed by atoms with Crippen LogP contribution in [0, 0.1) is 5.92 Å². The predicted molar refractivity (Wildman–Crippen MR) is 83.6 cm³/mol. The number of rotatable bonds is 5. The monoisotopic (exact) mass is 295 g/mol. The molecular formula is C15H25N3OS. The van der Waals surface area contributed by atoms with Gasteiger partial charge in [0.1, 0.15) is 0 Å². The second-order valence-corrected chi connectivity index (χ2v) is 6.65. The summed E-state index contributed by atoms with van der Waals surface area (Å²) >= 11 is 1.67. The summed E-state index contributed by atoms with van der Waals surface area (Å²) < 4.78 is 0. The van der Waals surface area contributed by atoms with Crippen LogP contribution in [-0.2, 0) is 11.3 Å². The number of nitrogens with zero attached hydrogens (tertiary/aromatic N) is 2. The van der Waals surface area contributed by atoms with Crippen LogP contribution in [0.5, 0.6) is 0 Å². The number of amides is 1. The molecule has 1 aliphatic heterocycles. The zero-order valence-electron chi connectivity index (χ0n) is 12.4. The van der Waals surface area contributed by atoms with E-state index in [0.717, 1.165) is 25.3 Å². The molecule has 2 rings (SSSR count). The van der Waals surface area contributed by atoms with Gasteiger partial charge in [0.25, 0.3) is 0 Å². The molecule has 0 aliphatic carbocycles. The predicted octanol–water partition coefficient (Wildman–Crippen LogP) is 1.77. The summed E-state index contributed by atoms with van der Waals surface area (Å²) in [4.78, 5) is 16.4. The molecule has 0 radical (unpaired) electrons. The lowest BCUT2D eigenvalue weighted by Crippen LogP contribution is -2.50. The molecule has 0 aromatic carbocycles. The third-order valence-corrected chi connectivity index (χ3v) is 4.87. The van der Waals surface area contributed by atoms with E-state index in [4.69, 9.17) is 5.73 Å². The number of nitrogens with two attached hydrogens (primary N) is 1. The number of hydrogen-bond acceptors (Lipinski definition) is 4. The third kappa shape index (κ3) is 4.04. The van der Waals surface area contributed by atoms with Gasteiger partial charge >= 0.3 is 0 Å². The molecule has 1 aromatic heterocycles. The first-order valence-corrected chi connectivity index (χ1v) is 8.23. The fourth-order valence-electron chi connectivity index (χ4n) is 2.79. The van der Waals surface area contributed by atoms with Crippen LogP contribution in [0.15, 0.2) is 16.8 Å². The van der Waals surface area contributed by atoms with E-state index < -0.39 is 0 Å². The summed E-state index contributed by atoms with van der Waals surface area (Å²) in [5.41, 5.74) is 7.05. The van der Waals surface area contributed by atoms with Crippen LogP contribution in [0.4, 0.5) is 0 Å². The molecule has 2 heterocycles. The number of carbonyl (C=O) groups excluding carboxylic acids is 1. The Balaban J connectivity index is 1.86. The van der Waals surface area contributed by atoms with Crippen molar-refractivity contribution in [2.75, 3.05) is 26.7 Å². The summed E-state index contributed by atoms with van der Waals surface area (Å²) in [6, 6.07) is 2.43. The number of piperidine rings is 1. The second kappa shape index (κ2) is 7.20. The van der Waals surface area contributed by atoms with Crippen LogP contribution < -0.4 is 5.73 Å². The van der Waals surface area contributed by atoms with Gasteiger partial charge in [0.05, 0.1) is 6.54 Å². The van der Waals surface area contributed by atoms with Crippen molar-refractivity contribution < 1.29 is 4.79 Å². The fourth-order valence-corrected chi connectivity index (χ4v) is 3.45. The lowest BCUT2D eigenvalue weighted by molar-refractivity contribution is -0.132. The second-order valence-electron chi connectivity index (χ2n) is 5.87.